The smallest absolute Gasteiger partial charge is 0.0648 e. The Kier molecular flexibility index (Phi) is 13.9. The first-order valence-corrected chi connectivity index (χ1v) is 8.31. The zero-order valence-corrected chi connectivity index (χ0v) is 13.5. The Morgan fingerprint density at radius 2 is 1.00 bits per heavy atom. The molecule has 2 aliphatic rings. The van der Waals surface area contributed by atoms with E-state index in [1.165, 1.54) is 64.2 Å². The quantitative estimate of drug-likeness (QED) is 0.689. The summed E-state index contributed by atoms with van der Waals surface area (Å²) in [6, 6.07) is 0. The summed E-state index contributed by atoms with van der Waals surface area (Å²) in [6.07, 6.45) is 17.9. The van der Waals surface area contributed by atoms with E-state index in [1.54, 1.807) is 0 Å². The van der Waals surface area contributed by atoms with E-state index in [4.69, 9.17) is 9.47 Å². The van der Waals surface area contributed by atoms with Gasteiger partial charge in [-0.1, -0.05) is 50.7 Å². The third kappa shape index (κ3) is 10.7. The average molecular weight is 298 g/mol. The van der Waals surface area contributed by atoms with Gasteiger partial charge in [-0.3, -0.25) is 0 Å². The summed E-state index contributed by atoms with van der Waals surface area (Å²) in [5, 5.41) is 0. The van der Waals surface area contributed by atoms with Crippen LogP contribution in [0.3, 0.4) is 0 Å². The summed E-state index contributed by atoms with van der Waals surface area (Å²) >= 11 is 0. The topological polar surface area (TPSA) is 50.0 Å². The highest BCUT2D eigenvalue weighted by atomic mass is 16.5. The van der Waals surface area contributed by atoms with Crippen molar-refractivity contribution in [2.75, 3.05) is 13.2 Å². The molecule has 0 aliphatic heterocycles. The number of ether oxygens (including phenoxy) is 2. The molecule has 2 fully saturated rings. The van der Waals surface area contributed by atoms with Crippen molar-refractivity contribution in [2.24, 2.45) is 0 Å². The van der Waals surface area contributed by atoms with Crippen LogP contribution < -0.4 is 0 Å². The van der Waals surface area contributed by atoms with Gasteiger partial charge in [0.05, 0.1) is 25.4 Å². The van der Waals surface area contributed by atoms with Gasteiger partial charge >= 0.3 is 0 Å². The van der Waals surface area contributed by atoms with Gasteiger partial charge in [-0.2, -0.15) is 0 Å². The van der Waals surface area contributed by atoms with Crippen LogP contribution in [-0.2, 0) is 9.47 Å². The standard InChI is InChI=1S/2C9H16O.H2O/c2*1-2-8-10-9-6-4-3-5-7-9;/h2*2,9H,1,3-8H2;1H2. The number of rotatable bonds is 6. The summed E-state index contributed by atoms with van der Waals surface area (Å²) in [7, 11) is 0. The lowest BCUT2D eigenvalue weighted by Gasteiger charge is -2.20. The molecule has 0 aromatic carbocycles. The van der Waals surface area contributed by atoms with E-state index in [9.17, 15) is 0 Å². The fourth-order valence-electron chi connectivity index (χ4n) is 2.87. The van der Waals surface area contributed by atoms with Crippen LogP contribution in [0.25, 0.3) is 0 Å². The van der Waals surface area contributed by atoms with Crippen molar-refractivity contribution in [1.82, 2.24) is 0 Å². The van der Waals surface area contributed by atoms with Gasteiger partial charge in [-0.05, 0) is 25.7 Å². The van der Waals surface area contributed by atoms with Gasteiger partial charge in [-0.15, -0.1) is 13.2 Å². The van der Waals surface area contributed by atoms with Crippen molar-refractivity contribution < 1.29 is 14.9 Å². The summed E-state index contributed by atoms with van der Waals surface area (Å²) in [6.45, 7) is 8.69. The van der Waals surface area contributed by atoms with Crippen LogP contribution >= 0.6 is 0 Å². The molecule has 0 unspecified atom stereocenters. The second kappa shape index (κ2) is 14.3. The third-order valence-electron chi connectivity index (χ3n) is 4.00. The van der Waals surface area contributed by atoms with E-state index in [1.807, 2.05) is 12.2 Å². The molecule has 2 saturated carbocycles. The molecule has 0 spiro atoms. The third-order valence-corrected chi connectivity index (χ3v) is 4.00. The highest BCUT2D eigenvalue weighted by Crippen LogP contribution is 2.20. The molecule has 21 heavy (non-hydrogen) atoms. The molecule has 0 radical (unpaired) electrons. The van der Waals surface area contributed by atoms with Crippen LogP contribution in [0.2, 0.25) is 0 Å². The molecule has 2 rings (SSSR count). The van der Waals surface area contributed by atoms with E-state index >= 15 is 0 Å². The monoisotopic (exact) mass is 298 g/mol. The van der Waals surface area contributed by atoms with Crippen molar-refractivity contribution >= 4 is 0 Å². The van der Waals surface area contributed by atoms with E-state index in [0.717, 1.165) is 13.2 Å². The maximum Gasteiger partial charge on any atom is 0.0648 e. The Bertz CT molecular complexity index is 215. The zero-order valence-electron chi connectivity index (χ0n) is 13.5. The molecule has 0 aromatic rings. The molecule has 3 nitrogen and oxygen atoms in total. The van der Waals surface area contributed by atoms with Gasteiger partial charge in [-0.25, -0.2) is 0 Å². The van der Waals surface area contributed by atoms with Crippen LogP contribution in [0.15, 0.2) is 25.3 Å². The molecule has 2 N–H and O–H groups in total. The minimum Gasteiger partial charge on any atom is -0.412 e. The molecule has 0 amide bonds. The first-order chi connectivity index (χ1) is 9.86. The van der Waals surface area contributed by atoms with Gasteiger partial charge in [0.25, 0.3) is 0 Å². The minimum absolute atomic E-state index is 0. The SMILES string of the molecule is C=CCOC1CCCCC1.C=CCOC1CCCCC1.O. The molecule has 124 valence electrons. The number of hydrogen-bond donors (Lipinski definition) is 0. The predicted octanol–water partition coefficient (Wildman–Crippen LogP) is 4.22. The Morgan fingerprint density at radius 3 is 1.29 bits per heavy atom. The molecule has 0 atom stereocenters. The Hall–Kier alpha value is -0.640. The van der Waals surface area contributed by atoms with Gasteiger partial charge in [0.15, 0.2) is 0 Å². The van der Waals surface area contributed by atoms with Crippen LogP contribution in [-0.4, -0.2) is 30.9 Å². The van der Waals surface area contributed by atoms with Crippen molar-refractivity contribution in [3.8, 4) is 0 Å². The fraction of sp³-hybridized carbons (Fsp3) is 0.778. The molecule has 2 aliphatic carbocycles. The van der Waals surface area contributed by atoms with Crippen molar-refractivity contribution in [3.05, 3.63) is 25.3 Å². The lowest BCUT2D eigenvalue weighted by atomic mass is 9.98. The first kappa shape index (κ1) is 20.4. The van der Waals surface area contributed by atoms with Gasteiger partial charge in [0.2, 0.25) is 0 Å². The second-order valence-electron chi connectivity index (χ2n) is 5.76. The van der Waals surface area contributed by atoms with E-state index in [0.29, 0.717) is 12.2 Å². The first-order valence-electron chi connectivity index (χ1n) is 8.31. The van der Waals surface area contributed by atoms with Gasteiger partial charge < -0.3 is 14.9 Å². The Morgan fingerprint density at radius 1 is 0.667 bits per heavy atom. The summed E-state index contributed by atoms with van der Waals surface area (Å²) in [5.74, 6) is 0. The molecule has 0 heterocycles. The van der Waals surface area contributed by atoms with Gasteiger partial charge in [0.1, 0.15) is 0 Å². The maximum absolute atomic E-state index is 5.51. The van der Waals surface area contributed by atoms with E-state index in [-0.39, 0.29) is 5.48 Å². The molecular weight excluding hydrogens is 264 g/mol. The second-order valence-corrected chi connectivity index (χ2v) is 5.76. The van der Waals surface area contributed by atoms with Crippen molar-refractivity contribution in [3.63, 3.8) is 0 Å². The predicted molar refractivity (Wildman–Crippen MR) is 89.7 cm³/mol. The van der Waals surface area contributed by atoms with Crippen LogP contribution in [0.1, 0.15) is 64.2 Å². The number of hydrogen-bond acceptors (Lipinski definition) is 2. The highest BCUT2D eigenvalue weighted by molar-refractivity contribution is 4.70. The van der Waals surface area contributed by atoms with Crippen molar-refractivity contribution in [2.45, 2.75) is 76.4 Å². The fourth-order valence-corrected chi connectivity index (χ4v) is 2.87. The van der Waals surface area contributed by atoms with Crippen LogP contribution in [0.4, 0.5) is 0 Å². The molecule has 0 aromatic heterocycles. The molecule has 0 bridgehead atoms. The van der Waals surface area contributed by atoms with Crippen molar-refractivity contribution in [1.29, 1.82) is 0 Å². The highest BCUT2D eigenvalue weighted by Gasteiger charge is 2.12. The summed E-state index contributed by atoms with van der Waals surface area (Å²) < 4.78 is 11.0. The Balaban J connectivity index is 0.000000364. The largest absolute Gasteiger partial charge is 0.412 e. The summed E-state index contributed by atoms with van der Waals surface area (Å²) in [5.41, 5.74) is 0. The lowest BCUT2D eigenvalue weighted by molar-refractivity contribution is 0.0466. The zero-order chi connectivity index (χ0) is 14.5. The minimum atomic E-state index is 0. The van der Waals surface area contributed by atoms with Crippen LogP contribution in [0.5, 0.6) is 0 Å². The van der Waals surface area contributed by atoms with E-state index in [2.05, 4.69) is 13.2 Å². The summed E-state index contributed by atoms with van der Waals surface area (Å²) in [4.78, 5) is 0. The molecule has 0 saturated heterocycles. The average Bonchev–Trinajstić information content (AvgIpc) is 2.53. The Labute approximate surface area is 130 Å². The molecular formula is C18H34O3. The molecule has 3 heteroatoms. The van der Waals surface area contributed by atoms with Gasteiger partial charge in [0, 0.05) is 0 Å². The van der Waals surface area contributed by atoms with Crippen LogP contribution in [0, 0.1) is 0 Å². The van der Waals surface area contributed by atoms with E-state index < -0.39 is 0 Å². The normalized spacial score (nSPS) is 19.8. The maximum atomic E-state index is 5.51. The lowest BCUT2D eigenvalue weighted by Crippen LogP contribution is -2.16.